The van der Waals surface area contributed by atoms with E-state index in [2.05, 4.69) is 5.32 Å². The van der Waals surface area contributed by atoms with Crippen molar-refractivity contribution in [1.29, 1.82) is 0 Å². The number of anilines is 1. The maximum atomic E-state index is 14.0. The third kappa shape index (κ3) is 9.00. The first-order valence-corrected chi connectivity index (χ1v) is 16.9. The Labute approximate surface area is 254 Å². The Balaban J connectivity index is 1.96. The van der Waals surface area contributed by atoms with E-state index in [4.69, 9.17) is 4.74 Å². The van der Waals surface area contributed by atoms with Gasteiger partial charge in [-0.3, -0.25) is 13.9 Å². The zero-order valence-electron chi connectivity index (χ0n) is 24.8. The number of hydrogen-bond donors (Lipinski definition) is 1. The average Bonchev–Trinajstić information content (AvgIpc) is 3.01. The van der Waals surface area contributed by atoms with E-state index in [0.29, 0.717) is 31.0 Å². The van der Waals surface area contributed by atoms with E-state index < -0.39 is 28.5 Å². The summed E-state index contributed by atoms with van der Waals surface area (Å²) in [6, 6.07) is 22.1. The minimum atomic E-state index is -4.13. The summed E-state index contributed by atoms with van der Waals surface area (Å²) in [6.07, 6.45) is 4.19. The molecule has 3 rings (SSSR count). The summed E-state index contributed by atoms with van der Waals surface area (Å²) in [5.74, 6) is -0.147. The predicted octanol–water partition coefficient (Wildman–Crippen LogP) is 5.38. The lowest BCUT2D eigenvalue weighted by Crippen LogP contribution is -2.52. The van der Waals surface area contributed by atoms with Crippen LogP contribution in [0.1, 0.15) is 39.2 Å². The van der Waals surface area contributed by atoms with Crippen LogP contribution in [-0.4, -0.2) is 63.7 Å². The normalized spacial score (nSPS) is 11.9. The summed E-state index contributed by atoms with van der Waals surface area (Å²) >= 11 is 1.51. The molecule has 0 spiro atoms. The van der Waals surface area contributed by atoms with Gasteiger partial charge in [0.1, 0.15) is 18.3 Å². The van der Waals surface area contributed by atoms with E-state index >= 15 is 0 Å². The molecule has 0 radical (unpaired) electrons. The topological polar surface area (TPSA) is 96.0 Å². The molecule has 0 heterocycles. The molecule has 0 saturated heterocycles. The molecule has 3 aromatic carbocycles. The highest BCUT2D eigenvalue weighted by Crippen LogP contribution is 2.27. The largest absolute Gasteiger partial charge is 0.494 e. The third-order valence-corrected chi connectivity index (χ3v) is 9.37. The van der Waals surface area contributed by atoms with Crippen molar-refractivity contribution >= 4 is 39.3 Å². The van der Waals surface area contributed by atoms with Crippen LogP contribution < -0.4 is 14.4 Å². The van der Waals surface area contributed by atoms with Crippen LogP contribution in [0, 0.1) is 0 Å². The van der Waals surface area contributed by atoms with Crippen molar-refractivity contribution in [2.24, 2.45) is 0 Å². The standard InChI is InChI=1S/C32H41N3O5S2/c1-5-7-22-33-32(37)25(3)34(23-21-26-11-9-8-10-12-26)31(36)24-35(27-13-15-28(16-14-27)40-6-2)42(38,39)30-19-17-29(41-4)18-20-30/h8-20,25H,5-7,21-24H2,1-4H3,(H,33,37). The minimum Gasteiger partial charge on any atom is -0.494 e. The van der Waals surface area contributed by atoms with Gasteiger partial charge in [0, 0.05) is 18.0 Å². The lowest BCUT2D eigenvalue weighted by molar-refractivity contribution is -0.138. The van der Waals surface area contributed by atoms with Crippen molar-refractivity contribution in [1.82, 2.24) is 10.2 Å². The molecule has 0 aliphatic rings. The van der Waals surface area contributed by atoms with Gasteiger partial charge < -0.3 is 15.0 Å². The molecule has 2 amide bonds. The molecule has 0 aliphatic heterocycles. The Hall–Kier alpha value is -3.50. The summed E-state index contributed by atoms with van der Waals surface area (Å²) in [4.78, 5) is 29.5. The van der Waals surface area contributed by atoms with Crippen LogP contribution in [0.3, 0.4) is 0 Å². The number of benzene rings is 3. The lowest BCUT2D eigenvalue weighted by atomic mass is 10.1. The number of sulfonamides is 1. The van der Waals surface area contributed by atoms with Gasteiger partial charge in [-0.25, -0.2) is 8.42 Å². The first kappa shape index (κ1) is 33.0. The zero-order chi connectivity index (χ0) is 30.5. The second kappa shape index (κ2) is 16.2. The summed E-state index contributed by atoms with van der Waals surface area (Å²) in [7, 11) is -4.13. The number of thioether (sulfide) groups is 1. The van der Waals surface area contributed by atoms with Crippen molar-refractivity contribution in [2.45, 2.75) is 55.9 Å². The maximum absolute atomic E-state index is 14.0. The lowest BCUT2D eigenvalue weighted by Gasteiger charge is -2.32. The summed E-state index contributed by atoms with van der Waals surface area (Å²) in [5.41, 5.74) is 1.34. The van der Waals surface area contributed by atoms with Gasteiger partial charge in [0.15, 0.2) is 0 Å². The molecular formula is C32H41N3O5S2. The van der Waals surface area contributed by atoms with Gasteiger partial charge in [-0.1, -0.05) is 43.7 Å². The van der Waals surface area contributed by atoms with Gasteiger partial charge in [-0.05, 0) is 87.0 Å². The number of amides is 2. The van der Waals surface area contributed by atoms with Crippen molar-refractivity contribution in [3.8, 4) is 5.75 Å². The Morgan fingerprint density at radius 2 is 1.62 bits per heavy atom. The molecule has 0 saturated carbocycles. The van der Waals surface area contributed by atoms with E-state index in [-0.39, 0.29) is 17.3 Å². The van der Waals surface area contributed by atoms with E-state index in [9.17, 15) is 18.0 Å². The van der Waals surface area contributed by atoms with Crippen molar-refractivity contribution in [2.75, 3.05) is 36.8 Å². The zero-order valence-corrected chi connectivity index (χ0v) is 26.4. The highest BCUT2D eigenvalue weighted by atomic mass is 32.2. The number of rotatable bonds is 16. The number of carbonyl (C=O) groups excluding carboxylic acids is 2. The van der Waals surface area contributed by atoms with E-state index in [1.54, 1.807) is 55.5 Å². The SMILES string of the molecule is CCCCNC(=O)C(C)N(CCc1ccccc1)C(=O)CN(c1ccc(OCC)cc1)S(=O)(=O)c1ccc(SC)cc1. The highest BCUT2D eigenvalue weighted by Gasteiger charge is 2.32. The molecule has 1 atom stereocenters. The molecule has 42 heavy (non-hydrogen) atoms. The Kier molecular flexibility index (Phi) is 12.7. The molecule has 1 unspecified atom stereocenters. The van der Waals surface area contributed by atoms with Gasteiger partial charge in [-0.15, -0.1) is 11.8 Å². The molecule has 1 N–H and O–H groups in total. The third-order valence-electron chi connectivity index (χ3n) is 6.84. The highest BCUT2D eigenvalue weighted by molar-refractivity contribution is 7.98. The Bertz CT molecular complexity index is 1380. The summed E-state index contributed by atoms with van der Waals surface area (Å²) < 4.78 is 34.6. The molecule has 0 fully saturated rings. The molecule has 0 aliphatic carbocycles. The predicted molar refractivity (Wildman–Crippen MR) is 170 cm³/mol. The number of hydrogen-bond acceptors (Lipinski definition) is 6. The molecule has 226 valence electrons. The second-order valence-electron chi connectivity index (χ2n) is 9.76. The van der Waals surface area contributed by atoms with Crippen LogP contribution in [-0.2, 0) is 26.0 Å². The van der Waals surface area contributed by atoms with Gasteiger partial charge in [0.2, 0.25) is 11.8 Å². The molecular weight excluding hydrogens is 571 g/mol. The van der Waals surface area contributed by atoms with Gasteiger partial charge >= 0.3 is 0 Å². The Morgan fingerprint density at radius 1 is 0.952 bits per heavy atom. The van der Waals surface area contributed by atoms with Crippen LogP contribution >= 0.6 is 11.8 Å². The number of nitrogens with one attached hydrogen (secondary N) is 1. The first-order valence-electron chi connectivity index (χ1n) is 14.2. The number of ether oxygens (including phenoxy) is 1. The van der Waals surface area contributed by atoms with Crippen LogP contribution in [0.5, 0.6) is 5.75 Å². The fraction of sp³-hybridized carbons (Fsp3) is 0.375. The van der Waals surface area contributed by atoms with Crippen LogP contribution in [0.2, 0.25) is 0 Å². The quantitative estimate of drug-likeness (QED) is 0.173. The van der Waals surface area contributed by atoms with Crippen molar-refractivity contribution < 1.29 is 22.7 Å². The molecule has 8 nitrogen and oxygen atoms in total. The van der Waals surface area contributed by atoms with E-state index in [1.807, 2.05) is 50.4 Å². The van der Waals surface area contributed by atoms with Gasteiger partial charge in [-0.2, -0.15) is 0 Å². The smallest absolute Gasteiger partial charge is 0.264 e. The average molecular weight is 612 g/mol. The van der Waals surface area contributed by atoms with Gasteiger partial charge in [0.05, 0.1) is 17.2 Å². The molecule has 0 aromatic heterocycles. The first-order chi connectivity index (χ1) is 20.2. The van der Waals surface area contributed by atoms with Crippen molar-refractivity contribution in [3.63, 3.8) is 0 Å². The Morgan fingerprint density at radius 3 is 2.21 bits per heavy atom. The molecule has 3 aromatic rings. The second-order valence-corrected chi connectivity index (χ2v) is 12.5. The minimum absolute atomic E-state index is 0.0724. The number of unbranched alkanes of at least 4 members (excludes halogenated alkanes) is 1. The number of carbonyl (C=O) groups is 2. The summed E-state index contributed by atoms with van der Waals surface area (Å²) in [6.45, 7) is 6.35. The van der Waals surface area contributed by atoms with Crippen molar-refractivity contribution in [3.05, 3.63) is 84.4 Å². The fourth-order valence-electron chi connectivity index (χ4n) is 4.39. The molecule has 0 bridgehead atoms. The van der Waals surface area contributed by atoms with Crippen LogP contribution in [0.15, 0.2) is 88.7 Å². The monoisotopic (exact) mass is 611 g/mol. The molecule has 10 heteroatoms. The van der Waals surface area contributed by atoms with Crippen LogP contribution in [0.25, 0.3) is 0 Å². The van der Waals surface area contributed by atoms with E-state index in [1.165, 1.54) is 16.7 Å². The number of nitrogens with zero attached hydrogens (tertiary/aromatic N) is 2. The van der Waals surface area contributed by atoms with Gasteiger partial charge in [0.25, 0.3) is 10.0 Å². The van der Waals surface area contributed by atoms with E-state index in [0.717, 1.165) is 27.6 Å². The van der Waals surface area contributed by atoms with Crippen LogP contribution in [0.4, 0.5) is 5.69 Å². The summed E-state index contributed by atoms with van der Waals surface area (Å²) in [5, 5.41) is 2.91. The maximum Gasteiger partial charge on any atom is 0.264 e. The fourth-order valence-corrected chi connectivity index (χ4v) is 6.21.